The van der Waals surface area contributed by atoms with Crippen LogP contribution in [0.1, 0.15) is 21.7 Å². The van der Waals surface area contributed by atoms with E-state index in [1.54, 1.807) is 12.1 Å². The largest absolute Gasteiger partial charge is 0.424 e. The van der Waals surface area contributed by atoms with E-state index >= 15 is 0 Å². The third kappa shape index (κ3) is 4.16. The van der Waals surface area contributed by atoms with Crippen molar-refractivity contribution in [3.8, 4) is 17.4 Å². The molecule has 6 heteroatoms. The fraction of sp³-hybridized carbons (Fsp3) is 0.0870. The van der Waals surface area contributed by atoms with Gasteiger partial charge in [0.25, 0.3) is 5.91 Å². The molecule has 0 aliphatic rings. The first-order chi connectivity index (χ1) is 14.1. The molecule has 0 bridgehead atoms. The summed E-state index contributed by atoms with van der Waals surface area (Å²) in [6.07, 6.45) is 3.91. The maximum Gasteiger partial charge on any atom is 0.322 e. The first kappa shape index (κ1) is 18.4. The highest BCUT2D eigenvalue weighted by molar-refractivity contribution is 6.04. The second kappa shape index (κ2) is 7.98. The number of hydrogen-bond donors (Lipinski definition) is 1. The number of anilines is 1. The van der Waals surface area contributed by atoms with Crippen LogP contribution in [-0.4, -0.2) is 20.4 Å². The van der Waals surface area contributed by atoms with Gasteiger partial charge in [-0.15, -0.1) is 0 Å². The summed E-state index contributed by atoms with van der Waals surface area (Å²) in [6.45, 7) is 3.63. The Labute approximate surface area is 168 Å². The molecule has 4 aromatic rings. The van der Waals surface area contributed by atoms with Crippen LogP contribution in [0, 0.1) is 13.8 Å². The van der Waals surface area contributed by atoms with E-state index in [0.29, 0.717) is 28.4 Å². The molecular weight excluding hydrogens is 364 g/mol. The molecule has 144 valence electrons. The van der Waals surface area contributed by atoms with Gasteiger partial charge in [-0.3, -0.25) is 4.79 Å². The van der Waals surface area contributed by atoms with Gasteiger partial charge < -0.3 is 14.6 Å². The topological polar surface area (TPSA) is 69.0 Å². The van der Waals surface area contributed by atoms with Crippen LogP contribution >= 0.6 is 0 Å². The number of amides is 1. The van der Waals surface area contributed by atoms with Crippen LogP contribution < -0.4 is 10.1 Å². The predicted octanol–water partition coefficient (Wildman–Crippen LogP) is 4.93. The molecule has 6 nitrogen and oxygen atoms in total. The summed E-state index contributed by atoms with van der Waals surface area (Å²) in [4.78, 5) is 21.4. The van der Waals surface area contributed by atoms with Crippen molar-refractivity contribution in [3.63, 3.8) is 0 Å². The smallest absolute Gasteiger partial charge is 0.322 e. The number of carbonyl (C=O) groups is 1. The van der Waals surface area contributed by atoms with Gasteiger partial charge in [0.05, 0.1) is 17.1 Å². The predicted molar refractivity (Wildman–Crippen MR) is 112 cm³/mol. The summed E-state index contributed by atoms with van der Waals surface area (Å²) in [6, 6.07) is 20.9. The summed E-state index contributed by atoms with van der Waals surface area (Å²) in [5.74, 6) is 0.446. The minimum absolute atomic E-state index is 0.212. The molecule has 1 amide bonds. The van der Waals surface area contributed by atoms with Gasteiger partial charge in [-0.25, -0.2) is 0 Å². The van der Waals surface area contributed by atoms with Gasteiger partial charge in [0, 0.05) is 23.6 Å². The van der Waals surface area contributed by atoms with Crippen LogP contribution in [0.2, 0.25) is 0 Å². The van der Waals surface area contributed by atoms with Crippen molar-refractivity contribution >= 4 is 11.6 Å². The molecule has 0 fully saturated rings. The zero-order valence-electron chi connectivity index (χ0n) is 16.2. The third-order valence-corrected chi connectivity index (χ3v) is 4.47. The first-order valence-corrected chi connectivity index (χ1v) is 9.23. The van der Waals surface area contributed by atoms with Crippen molar-refractivity contribution in [3.05, 3.63) is 96.1 Å². The molecule has 0 spiro atoms. The van der Waals surface area contributed by atoms with Crippen molar-refractivity contribution in [2.24, 2.45) is 0 Å². The fourth-order valence-electron chi connectivity index (χ4n) is 2.98. The van der Waals surface area contributed by atoms with Crippen molar-refractivity contribution in [1.29, 1.82) is 0 Å². The number of aryl methyl sites for hydroxylation is 2. The molecule has 1 N–H and O–H groups in total. The van der Waals surface area contributed by atoms with Gasteiger partial charge in [0.2, 0.25) is 0 Å². The average Bonchev–Trinajstić information content (AvgIpc) is 3.26. The van der Waals surface area contributed by atoms with Crippen molar-refractivity contribution in [2.75, 3.05) is 5.32 Å². The molecule has 2 aromatic heterocycles. The van der Waals surface area contributed by atoms with Gasteiger partial charge in [0.1, 0.15) is 5.75 Å². The number of aromatic nitrogens is 3. The van der Waals surface area contributed by atoms with E-state index in [1.165, 1.54) is 0 Å². The van der Waals surface area contributed by atoms with Crippen molar-refractivity contribution in [1.82, 2.24) is 14.5 Å². The monoisotopic (exact) mass is 384 g/mol. The van der Waals surface area contributed by atoms with E-state index in [-0.39, 0.29) is 11.9 Å². The summed E-state index contributed by atoms with van der Waals surface area (Å²) < 4.78 is 7.68. The Hall–Kier alpha value is -3.93. The van der Waals surface area contributed by atoms with Crippen LogP contribution in [0.3, 0.4) is 0 Å². The fourth-order valence-corrected chi connectivity index (χ4v) is 2.98. The Kier molecular flexibility index (Phi) is 5.07. The molecule has 0 aliphatic carbocycles. The lowest BCUT2D eigenvalue weighted by Gasteiger charge is -2.13. The van der Waals surface area contributed by atoms with E-state index < -0.39 is 0 Å². The van der Waals surface area contributed by atoms with Gasteiger partial charge in [-0.2, -0.15) is 9.97 Å². The number of ether oxygens (including phenoxy) is 1. The molecule has 2 aromatic carbocycles. The lowest BCUT2D eigenvalue weighted by atomic mass is 10.2. The molecule has 0 saturated heterocycles. The quantitative estimate of drug-likeness (QED) is 0.530. The number of hydrogen-bond acceptors (Lipinski definition) is 4. The number of nitrogens with one attached hydrogen (secondary N) is 1. The van der Waals surface area contributed by atoms with Crippen LogP contribution in [0.4, 0.5) is 5.69 Å². The molecule has 29 heavy (non-hydrogen) atoms. The first-order valence-electron chi connectivity index (χ1n) is 9.23. The average molecular weight is 384 g/mol. The second-order valence-electron chi connectivity index (χ2n) is 6.56. The SMILES string of the molecule is Cc1nc(Oc2ccccc2)nc(C)c1NC(=O)c1ccc(-n2cccc2)cc1. The van der Waals surface area contributed by atoms with Gasteiger partial charge in [-0.05, 0) is 62.4 Å². The number of para-hydroxylation sites is 1. The number of rotatable bonds is 5. The Bertz CT molecular complexity index is 1100. The van der Waals surface area contributed by atoms with Gasteiger partial charge in [0.15, 0.2) is 0 Å². The Morgan fingerprint density at radius 1 is 0.862 bits per heavy atom. The molecule has 0 aliphatic heterocycles. The van der Waals surface area contributed by atoms with Crippen LogP contribution in [-0.2, 0) is 0 Å². The van der Waals surface area contributed by atoms with E-state index in [0.717, 1.165) is 5.69 Å². The number of benzene rings is 2. The highest BCUT2D eigenvalue weighted by atomic mass is 16.5. The lowest BCUT2D eigenvalue weighted by Crippen LogP contribution is -2.15. The van der Waals surface area contributed by atoms with Crippen LogP contribution in [0.15, 0.2) is 79.1 Å². The molecule has 0 atom stereocenters. The van der Waals surface area contributed by atoms with Crippen LogP contribution in [0.5, 0.6) is 11.8 Å². The van der Waals surface area contributed by atoms with Crippen molar-refractivity contribution < 1.29 is 9.53 Å². The van der Waals surface area contributed by atoms with Crippen LogP contribution in [0.25, 0.3) is 5.69 Å². The molecule has 0 saturated carbocycles. The summed E-state index contributed by atoms with van der Waals surface area (Å²) in [7, 11) is 0. The second-order valence-corrected chi connectivity index (χ2v) is 6.56. The van der Waals surface area contributed by atoms with E-state index in [2.05, 4.69) is 15.3 Å². The van der Waals surface area contributed by atoms with Gasteiger partial charge in [-0.1, -0.05) is 18.2 Å². The lowest BCUT2D eigenvalue weighted by molar-refractivity contribution is 0.102. The zero-order valence-corrected chi connectivity index (χ0v) is 16.2. The highest BCUT2D eigenvalue weighted by Gasteiger charge is 2.14. The summed E-state index contributed by atoms with van der Waals surface area (Å²) >= 11 is 0. The molecule has 4 rings (SSSR count). The van der Waals surface area contributed by atoms with Crippen molar-refractivity contribution in [2.45, 2.75) is 13.8 Å². The summed E-state index contributed by atoms with van der Waals surface area (Å²) in [5.41, 5.74) is 3.42. The molecular formula is C23H20N4O2. The maximum absolute atomic E-state index is 12.7. The standard InChI is InChI=1S/C23H20N4O2/c1-16-21(17(2)25-23(24-16)29-20-8-4-3-5-9-20)26-22(28)18-10-12-19(13-11-18)27-14-6-7-15-27/h3-15H,1-2H3,(H,26,28). The van der Waals surface area contributed by atoms with E-state index in [1.807, 2.05) is 85.4 Å². The number of nitrogens with zero attached hydrogens (tertiary/aromatic N) is 3. The minimum atomic E-state index is -0.212. The minimum Gasteiger partial charge on any atom is -0.424 e. The molecule has 2 heterocycles. The Balaban J connectivity index is 1.50. The third-order valence-electron chi connectivity index (χ3n) is 4.47. The molecule has 0 radical (unpaired) electrons. The van der Waals surface area contributed by atoms with Gasteiger partial charge >= 0.3 is 6.01 Å². The molecule has 0 unspecified atom stereocenters. The summed E-state index contributed by atoms with van der Waals surface area (Å²) in [5, 5.41) is 2.91. The maximum atomic E-state index is 12.7. The Morgan fingerprint density at radius 2 is 1.48 bits per heavy atom. The van der Waals surface area contributed by atoms with E-state index in [4.69, 9.17) is 4.74 Å². The van der Waals surface area contributed by atoms with E-state index in [9.17, 15) is 4.79 Å². The zero-order chi connectivity index (χ0) is 20.2. The highest BCUT2D eigenvalue weighted by Crippen LogP contribution is 2.24. The normalized spacial score (nSPS) is 10.6. The number of carbonyl (C=O) groups excluding carboxylic acids is 1. The Morgan fingerprint density at radius 3 is 2.10 bits per heavy atom.